The van der Waals surface area contributed by atoms with Crippen molar-refractivity contribution in [2.45, 2.75) is 56.8 Å². The predicted molar refractivity (Wildman–Crippen MR) is 141 cm³/mol. The van der Waals surface area contributed by atoms with Crippen LogP contribution in [0.2, 0.25) is 5.02 Å². The molecule has 214 valence electrons. The van der Waals surface area contributed by atoms with Gasteiger partial charge >= 0.3 is 12.1 Å². The Labute approximate surface area is 229 Å². The van der Waals surface area contributed by atoms with Crippen LogP contribution in [-0.4, -0.2) is 73.9 Å². The second-order valence-electron chi connectivity index (χ2n) is 9.66. The van der Waals surface area contributed by atoms with Crippen molar-refractivity contribution in [3.05, 3.63) is 34.5 Å². The molecule has 1 aliphatic carbocycles. The molecule has 2 aromatic rings. The van der Waals surface area contributed by atoms with Crippen molar-refractivity contribution in [1.29, 1.82) is 0 Å². The van der Waals surface area contributed by atoms with Crippen molar-refractivity contribution in [1.82, 2.24) is 19.6 Å². The van der Waals surface area contributed by atoms with Crippen LogP contribution in [0.3, 0.4) is 0 Å². The molecule has 0 bridgehead atoms. The molecule has 0 spiro atoms. The van der Waals surface area contributed by atoms with Crippen LogP contribution in [-0.2, 0) is 27.7 Å². The molecule has 39 heavy (non-hydrogen) atoms. The molecule has 4 rings (SSSR count). The zero-order chi connectivity index (χ0) is 28.4. The number of carbonyl (C=O) groups is 1. The van der Waals surface area contributed by atoms with Crippen LogP contribution in [0.25, 0.3) is 0 Å². The van der Waals surface area contributed by atoms with E-state index in [1.807, 2.05) is 0 Å². The van der Waals surface area contributed by atoms with E-state index in [1.54, 1.807) is 12.1 Å². The highest BCUT2D eigenvalue weighted by molar-refractivity contribution is 7.88. The SMILES string of the molecule is COc1cc2c(cc1Nc1ncc(Cl)c(N[C@@H]3CCCC[C@H]3NS(C)(=O)=O)n1)CCN(C(=O)C(F)(F)F)CC2. The maximum atomic E-state index is 12.9. The highest BCUT2D eigenvalue weighted by Crippen LogP contribution is 2.34. The first kappa shape index (κ1) is 29.2. The third-order valence-electron chi connectivity index (χ3n) is 6.80. The van der Waals surface area contributed by atoms with Gasteiger partial charge < -0.3 is 20.3 Å². The number of hydrogen-bond acceptors (Lipinski definition) is 8. The molecular weight excluding hydrogens is 561 g/mol. The number of nitrogens with one attached hydrogen (secondary N) is 3. The molecule has 10 nitrogen and oxygen atoms in total. The molecular formula is C24H30ClF3N6O4S. The van der Waals surface area contributed by atoms with E-state index in [9.17, 15) is 26.4 Å². The third-order valence-corrected chi connectivity index (χ3v) is 7.81. The number of methoxy groups -OCH3 is 1. The van der Waals surface area contributed by atoms with Crippen LogP contribution in [0, 0.1) is 0 Å². The quantitative estimate of drug-likeness (QED) is 0.446. The first-order valence-corrected chi connectivity index (χ1v) is 14.7. The maximum Gasteiger partial charge on any atom is 0.471 e. The van der Waals surface area contributed by atoms with Gasteiger partial charge in [0.1, 0.15) is 10.8 Å². The monoisotopic (exact) mass is 590 g/mol. The fraction of sp³-hybridized carbons (Fsp3) is 0.542. The molecule has 1 amide bonds. The van der Waals surface area contributed by atoms with Crippen molar-refractivity contribution in [2.75, 3.05) is 37.1 Å². The van der Waals surface area contributed by atoms with E-state index in [1.165, 1.54) is 13.3 Å². The van der Waals surface area contributed by atoms with E-state index in [2.05, 4.69) is 25.3 Å². The lowest BCUT2D eigenvalue weighted by atomic mass is 9.91. The van der Waals surface area contributed by atoms with Gasteiger partial charge in [-0.1, -0.05) is 24.4 Å². The third kappa shape index (κ3) is 7.42. The first-order chi connectivity index (χ1) is 18.3. The summed E-state index contributed by atoms with van der Waals surface area (Å²) in [5.74, 6) is -0.897. The molecule has 1 aromatic carbocycles. The summed E-state index contributed by atoms with van der Waals surface area (Å²) in [7, 11) is -1.93. The van der Waals surface area contributed by atoms with Gasteiger partial charge in [0.2, 0.25) is 16.0 Å². The molecule has 3 N–H and O–H groups in total. The number of benzene rings is 1. The van der Waals surface area contributed by atoms with Crippen LogP contribution in [0.15, 0.2) is 18.3 Å². The van der Waals surface area contributed by atoms with Gasteiger partial charge in [-0.05, 0) is 48.9 Å². The summed E-state index contributed by atoms with van der Waals surface area (Å²) in [6.45, 7) is -0.111. The first-order valence-electron chi connectivity index (χ1n) is 12.4. The van der Waals surface area contributed by atoms with Gasteiger partial charge in [-0.15, -0.1) is 0 Å². The molecule has 1 aromatic heterocycles. The Balaban J connectivity index is 1.53. The summed E-state index contributed by atoms with van der Waals surface area (Å²) in [5.41, 5.74) is 2.06. The molecule has 0 unspecified atom stereocenters. The molecule has 1 aliphatic heterocycles. The van der Waals surface area contributed by atoms with Crippen molar-refractivity contribution in [3.8, 4) is 5.75 Å². The highest BCUT2D eigenvalue weighted by atomic mass is 35.5. The molecule has 2 heterocycles. The summed E-state index contributed by atoms with van der Waals surface area (Å²) < 4.78 is 70.6. The Morgan fingerprint density at radius 1 is 1.13 bits per heavy atom. The predicted octanol–water partition coefficient (Wildman–Crippen LogP) is 3.64. The van der Waals surface area contributed by atoms with Gasteiger partial charge in [-0.25, -0.2) is 18.1 Å². The lowest BCUT2D eigenvalue weighted by molar-refractivity contribution is -0.185. The summed E-state index contributed by atoms with van der Waals surface area (Å²) >= 11 is 6.35. The summed E-state index contributed by atoms with van der Waals surface area (Å²) in [6.07, 6.45) is 1.33. The number of anilines is 3. The Morgan fingerprint density at radius 3 is 2.38 bits per heavy atom. The molecule has 15 heteroatoms. The lowest BCUT2D eigenvalue weighted by Crippen LogP contribution is -2.48. The van der Waals surface area contributed by atoms with Crippen molar-refractivity contribution < 1.29 is 31.1 Å². The number of aromatic nitrogens is 2. The van der Waals surface area contributed by atoms with Gasteiger partial charge in [0.05, 0.1) is 25.2 Å². The minimum atomic E-state index is -4.92. The van der Waals surface area contributed by atoms with Gasteiger partial charge in [0, 0.05) is 25.2 Å². The topological polar surface area (TPSA) is 126 Å². The average Bonchev–Trinajstić information content (AvgIpc) is 3.06. The highest BCUT2D eigenvalue weighted by Gasteiger charge is 2.42. The van der Waals surface area contributed by atoms with E-state index >= 15 is 0 Å². The van der Waals surface area contributed by atoms with Crippen LogP contribution >= 0.6 is 11.6 Å². The molecule has 2 aliphatic rings. The van der Waals surface area contributed by atoms with E-state index in [0.717, 1.165) is 41.5 Å². The van der Waals surface area contributed by atoms with Crippen LogP contribution in [0.1, 0.15) is 36.8 Å². The molecule has 2 atom stereocenters. The molecule has 0 saturated heterocycles. The van der Waals surface area contributed by atoms with Gasteiger partial charge in [-0.2, -0.15) is 18.2 Å². The lowest BCUT2D eigenvalue weighted by Gasteiger charge is -2.32. The van der Waals surface area contributed by atoms with Gasteiger partial charge in [-0.3, -0.25) is 4.79 Å². The molecule has 1 fully saturated rings. The fourth-order valence-electron chi connectivity index (χ4n) is 4.95. The van der Waals surface area contributed by atoms with Gasteiger partial charge in [0.15, 0.2) is 5.82 Å². The Hall–Kier alpha value is -2.84. The number of fused-ring (bicyclic) bond motifs is 1. The number of sulfonamides is 1. The Bertz CT molecular complexity index is 1330. The zero-order valence-electron chi connectivity index (χ0n) is 21.4. The number of nitrogens with zero attached hydrogens (tertiary/aromatic N) is 3. The number of ether oxygens (including phenoxy) is 1. The maximum absolute atomic E-state index is 12.9. The standard InChI is InChI=1S/C24H30ClF3N6O4S/c1-38-20-12-15-8-10-34(22(35)24(26,27)28)9-7-14(15)11-19(20)31-23-29-13-16(25)21(32-23)30-17-5-3-4-6-18(17)33-39(2,36)37/h11-13,17-18,33H,3-10H2,1-2H3,(H2,29,30,31,32)/t17-,18-/m1/s1. The smallest absolute Gasteiger partial charge is 0.471 e. The van der Waals surface area contributed by atoms with E-state index < -0.39 is 22.1 Å². The number of rotatable bonds is 7. The second-order valence-corrected chi connectivity index (χ2v) is 11.8. The fourth-order valence-corrected chi connectivity index (χ4v) is 5.93. The van der Waals surface area contributed by atoms with Crippen LogP contribution in [0.4, 0.5) is 30.6 Å². The van der Waals surface area contributed by atoms with E-state index in [-0.39, 0.29) is 49.0 Å². The van der Waals surface area contributed by atoms with Crippen LogP contribution < -0.4 is 20.1 Å². The molecule has 0 radical (unpaired) electrons. The number of hydrogen-bond donors (Lipinski definition) is 3. The van der Waals surface area contributed by atoms with E-state index in [0.29, 0.717) is 23.7 Å². The van der Waals surface area contributed by atoms with Crippen molar-refractivity contribution >= 4 is 45.0 Å². The largest absolute Gasteiger partial charge is 0.495 e. The summed E-state index contributed by atoms with van der Waals surface area (Å²) in [4.78, 5) is 21.3. The number of halogens is 4. The van der Waals surface area contributed by atoms with Crippen LogP contribution in [0.5, 0.6) is 5.75 Å². The Kier molecular flexibility index (Phi) is 8.76. The summed E-state index contributed by atoms with van der Waals surface area (Å²) in [6, 6.07) is 2.95. The minimum Gasteiger partial charge on any atom is -0.495 e. The van der Waals surface area contributed by atoms with Crippen molar-refractivity contribution in [3.63, 3.8) is 0 Å². The number of amides is 1. The zero-order valence-corrected chi connectivity index (χ0v) is 23.0. The number of alkyl halides is 3. The molecule has 1 saturated carbocycles. The van der Waals surface area contributed by atoms with Crippen molar-refractivity contribution in [2.24, 2.45) is 0 Å². The van der Waals surface area contributed by atoms with Gasteiger partial charge in [0.25, 0.3) is 0 Å². The normalized spacial score (nSPS) is 20.1. The second kappa shape index (κ2) is 11.7. The Morgan fingerprint density at radius 2 is 1.77 bits per heavy atom. The van der Waals surface area contributed by atoms with E-state index in [4.69, 9.17) is 16.3 Å². The average molecular weight is 591 g/mol. The summed E-state index contributed by atoms with van der Waals surface area (Å²) in [5, 5.41) is 6.60. The number of carbonyl (C=O) groups excluding carboxylic acids is 1. The minimum absolute atomic E-state index is 0.0487.